The van der Waals surface area contributed by atoms with Gasteiger partial charge in [-0.2, -0.15) is 0 Å². The van der Waals surface area contributed by atoms with E-state index < -0.39 is 0 Å². The monoisotopic (exact) mass is 335 g/mol. The summed E-state index contributed by atoms with van der Waals surface area (Å²) in [5, 5.41) is 3.74. The Hall–Kier alpha value is -0.600. The number of hydrogen-bond donors (Lipinski definition) is 1. The molecule has 0 spiro atoms. The first-order valence-electron chi connectivity index (χ1n) is 7.99. The van der Waals surface area contributed by atoms with Crippen LogP contribution in [0.5, 0.6) is 0 Å². The van der Waals surface area contributed by atoms with Crippen LogP contribution < -0.4 is 5.32 Å². The highest BCUT2D eigenvalue weighted by Crippen LogP contribution is 2.29. The summed E-state index contributed by atoms with van der Waals surface area (Å²) >= 11 is 3.53. The van der Waals surface area contributed by atoms with Crippen LogP contribution in [0.3, 0.4) is 0 Å². The highest BCUT2D eigenvalue weighted by Gasteiger charge is 2.16. The van der Waals surface area contributed by atoms with Crippen molar-refractivity contribution in [2.24, 2.45) is 0 Å². The topological polar surface area (TPSA) is 12.0 Å². The van der Waals surface area contributed by atoms with Gasteiger partial charge in [-0.05, 0) is 56.3 Å². The molecule has 2 rings (SSSR count). The minimum atomic E-state index is 0.404. The maximum absolute atomic E-state index is 3.74. The second-order valence-corrected chi connectivity index (χ2v) is 6.59. The maximum atomic E-state index is 3.74. The van der Waals surface area contributed by atoms with Crippen molar-refractivity contribution in [2.45, 2.75) is 57.9 Å². The third kappa shape index (κ3) is 4.75. The molecule has 1 aromatic carbocycles. The average Bonchev–Trinajstić information content (AvgIpc) is 2.42. The van der Waals surface area contributed by atoms with Crippen molar-refractivity contribution in [3.05, 3.63) is 46.0 Å². The Morgan fingerprint density at radius 3 is 2.60 bits per heavy atom. The van der Waals surface area contributed by atoms with Crippen molar-refractivity contribution in [1.29, 1.82) is 0 Å². The summed E-state index contributed by atoms with van der Waals surface area (Å²) in [5.74, 6) is 0. The Labute approximate surface area is 132 Å². The van der Waals surface area contributed by atoms with Crippen molar-refractivity contribution in [1.82, 2.24) is 5.32 Å². The zero-order valence-corrected chi connectivity index (χ0v) is 14.1. The van der Waals surface area contributed by atoms with Gasteiger partial charge in [0.25, 0.3) is 0 Å². The van der Waals surface area contributed by atoms with Crippen LogP contribution >= 0.6 is 15.9 Å². The fourth-order valence-corrected chi connectivity index (χ4v) is 3.15. The van der Waals surface area contributed by atoms with E-state index >= 15 is 0 Å². The summed E-state index contributed by atoms with van der Waals surface area (Å²) in [6.07, 6.45) is 11.6. The highest BCUT2D eigenvalue weighted by molar-refractivity contribution is 9.10. The van der Waals surface area contributed by atoms with Crippen LogP contribution in [-0.2, 0) is 0 Å². The van der Waals surface area contributed by atoms with E-state index in [2.05, 4.69) is 58.5 Å². The maximum Gasteiger partial charge on any atom is 0.0536 e. The summed E-state index contributed by atoms with van der Waals surface area (Å²) in [7, 11) is 0. The molecule has 1 nitrogen and oxygen atoms in total. The molecule has 0 amide bonds. The standard InChI is InChI=1S/C18H26BrN/c1-2-14-20-18(16-10-12-17(19)13-11-16)15-8-6-4-3-5-7-9-15/h8,10-13,18,20H,2-7,9,14H2,1H3/b15-8+. The van der Waals surface area contributed by atoms with E-state index in [4.69, 9.17) is 0 Å². The summed E-state index contributed by atoms with van der Waals surface area (Å²) in [4.78, 5) is 0. The molecule has 1 aromatic rings. The summed E-state index contributed by atoms with van der Waals surface area (Å²) in [6, 6.07) is 9.20. The van der Waals surface area contributed by atoms with Crippen LogP contribution in [0.1, 0.15) is 63.5 Å². The lowest BCUT2D eigenvalue weighted by molar-refractivity contribution is 0.540. The molecule has 0 saturated carbocycles. The number of halogens is 1. The minimum Gasteiger partial charge on any atom is -0.307 e. The van der Waals surface area contributed by atoms with E-state index in [0.29, 0.717) is 6.04 Å². The molecule has 0 radical (unpaired) electrons. The van der Waals surface area contributed by atoms with Crippen LogP contribution in [0.4, 0.5) is 0 Å². The van der Waals surface area contributed by atoms with Gasteiger partial charge in [-0.3, -0.25) is 0 Å². The molecule has 1 unspecified atom stereocenters. The molecule has 0 aliphatic heterocycles. The highest BCUT2D eigenvalue weighted by atomic mass is 79.9. The van der Waals surface area contributed by atoms with Gasteiger partial charge in [0.15, 0.2) is 0 Å². The molecule has 0 fully saturated rings. The van der Waals surface area contributed by atoms with Crippen molar-refractivity contribution in [3.8, 4) is 0 Å². The van der Waals surface area contributed by atoms with E-state index in [1.807, 2.05) is 0 Å². The minimum absolute atomic E-state index is 0.404. The van der Waals surface area contributed by atoms with Gasteiger partial charge < -0.3 is 5.32 Å². The lowest BCUT2D eigenvalue weighted by Crippen LogP contribution is -2.24. The SMILES string of the molecule is CCCNC(/C1=C/CCCCCC1)c1ccc(Br)cc1. The predicted octanol–water partition coefficient (Wildman–Crippen LogP) is 5.77. The third-order valence-corrected chi connectivity index (χ3v) is 4.53. The van der Waals surface area contributed by atoms with Crippen LogP contribution in [0.15, 0.2) is 40.4 Å². The molecule has 0 bridgehead atoms. The molecular weight excluding hydrogens is 310 g/mol. The van der Waals surface area contributed by atoms with Crippen molar-refractivity contribution in [3.63, 3.8) is 0 Å². The van der Waals surface area contributed by atoms with Gasteiger partial charge in [0.05, 0.1) is 6.04 Å². The summed E-state index contributed by atoms with van der Waals surface area (Å²) in [5.41, 5.74) is 2.99. The van der Waals surface area contributed by atoms with E-state index in [-0.39, 0.29) is 0 Å². The van der Waals surface area contributed by atoms with Gasteiger partial charge in [-0.15, -0.1) is 0 Å². The van der Waals surface area contributed by atoms with Gasteiger partial charge in [-0.1, -0.05) is 59.5 Å². The molecule has 1 atom stereocenters. The molecule has 1 N–H and O–H groups in total. The Balaban J connectivity index is 2.18. The molecular formula is C18H26BrN. The average molecular weight is 336 g/mol. The molecule has 1 aliphatic carbocycles. The molecule has 1 aliphatic rings. The predicted molar refractivity (Wildman–Crippen MR) is 91.0 cm³/mol. The van der Waals surface area contributed by atoms with E-state index in [1.54, 1.807) is 5.57 Å². The quantitative estimate of drug-likeness (QED) is 0.673. The van der Waals surface area contributed by atoms with E-state index in [9.17, 15) is 0 Å². The molecule has 0 saturated heterocycles. The summed E-state index contributed by atoms with van der Waals surface area (Å²) < 4.78 is 1.15. The van der Waals surface area contributed by atoms with Crippen LogP contribution in [0, 0.1) is 0 Å². The van der Waals surface area contributed by atoms with E-state index in [1.165, 1.54) is 50.5 Å². The second-order valence-electron chi connectivity index (χ2n) is 5.67. The molecule has 20 heavy (non-hydrogen) atoms. The largest absolute Gasteiger partial charge is 0.307 e. The number of allylic oxidation sites excluding steroid dienone is 1. The number of hydrogen-bond acceptors (Lipinski definition) is 1. The van der Waals surface area contributed by atoms with Crippen LogP contribution in [0.25, 0.3) is 0 Å². The van der Waals surface area contributed by atoms with Gasteiger partial charge in [0.1, 0.15) is 0 Å². The Morgan fingerprint density at radius 1 is 1.10 bits per heavy atom. The molecule has 0 aromatic heterocycles. The lowest BCUT2D eigenvalue weighted by Gasteiger charge is -2.24. The van der Waals surface area contributed by atoms with Crippen LogP contribution in [0.2, 0.25) is 0 Å². The normalized spacial score (nSPS) is 20.6. The van der Waals surface area contributed by atoms with Gasteiger partial charge in [0, 0.05) is 4.47 Å². The van der Waals surface area contributed by atoms with Crippen molar-refractivity contribution < 1.29 is 0 Å². The van der Waals surface area contributed by atoms with Gasteiger partial charge >= 0.3 is 0 Å². The number of nitrogens with one attached hydrogen (secondary N) is 1. The molecule has 2 heteroatoms. The first-order valence-corrected chi connectivity index (χ1v) is 8.78. The fourth-order valence-electron chi connectivity index (χ4n) is 2.89. The zero-order valence-electron chi connectivity index (χ0n) is 12.5. The van der Waals surface area contributed by atoms with Crippen molar-refractivity contribution in [2.75, 3.05) is 6.54 Å². The van der Waals surface area contributed by atoms with E-state index in [0.717, 1.165) is 11.0 Å². The number of rotatable bonds is 5. The number of benzene rings is 1. The Kier molecular flexibility index (Phi) is 6.81. The first-order chi connectivity index (χ1) is 9.81. The van der Waals surface area contributed by atoms with Crippen LogP contribution in [-0.4, -0.2) is 6.54 Å². The van der Waals surface area contributed by atoms with Crippen molar-refractivity contribution >= 4 is 15.9 Å². The lowest BCUT2D eigenvalue weighted by atomic mass is 9.91. The first kappa shape index (κ1) is 15.8. The van der Waals surface area contributed by atoms with Gasteiger partial charge in [0.2, 0.25) is 0 Å². The molecule has 0 heterocycles. The second kappa shape index (κ2) is 8.63. The Morgan fingerprint density at radius 2 is 1.85 bits per heavy atom. The zero-order chi connectivity index (χ0) is 14.2. The third-order valence-electron chi connectivity index (χ3n) is 4.00. The Bertz CT molecular complexity index is 422. The fraction of sp³-hybridized carbons (Fsp3) is 0.556. The summed E-state index contributed by atoms with van der Waals surface area (Å²) in [6.45, 7) is 3.32. The van der Waals surface area contributed by atoms with Gasteiger partial charge in [-0.25, -0.2) is 0 Å². The smallest absolute Gasteiger partial charge is 0.0536 e. The molecule has 110 valence electrons.